The van der Waals surface area contributed by atoms with Crippen molar-refractivity contribution >= 4 is 26.0 Å². The van der Waals surface area contributed by atoms with E-state index in [2.05, 4.69) is 45.3 Å². The molecule has 1 heterocycles. The number of benzene rings is 4. The molecule has 266 valence electrons. The average molecular weight is 708 g/mol. The van der Waals surface area contributed by atoms with Crippen molar-refractivity contribution in [2.24, 2.45) is 5.92 Å². The molecule has 1 aliphatic heterocycles. The van der Waals surface area contributed by atoms with Gasteiger partial charge in [0, 0.05) is 12.3 Å². The summed E-state index contributed by atoms with van der Waals surface area (Å²) >= 11 is 0. The Labute approximate surface area is 301 Å². The first-order chi connectivity index (χ1) is 24.3. The van der Waals surface area contributed by atoms with Crippen molar-refractivity contribution < 1.29 is 27.9 Å². The van der Waals surface area contributed by atoms with Crippen molar-refractivity contribution in [3.05, 3.63) is 131 Å². The average Bonchev–Trinajstić information content (AvgIpc) is 3.52. The Bertz CT molecular complexity index is 1820. The third-order valence-corrected chi connectivity index (χ3v) is 14.7. The number of carbonyl (C=O) groups excluding carboxylic acids is 2. The van der Waals surface area contributed by atoms with E-state index in [-0.39, 0.29) is 11.6 Å². The van der Waals surface area contributed by atoms with Crippen molar-refractivity contribution in [3.63, 3.8) is 0 Å². The van der Waals surface area contributed by atoms with Crippen LogP contribution in [0.25, 0.3) is 0 Å². The smallest absolute Gasteiger partial charge is 0.417 e. The Hall–Kier alpha value is -4.98. The Balaban J connectivity index is 1.69. The second kappa shape index (κ2) is 15.9. The molecular weight excluding hydrogens is 662 g/mol. The highest BCUT2D eigenvalue weighted by molar-refractivity contribution is 6.74. The van der Waals surface area contributed by atoms with E-state index in [1.54, 1.807) is 43.5 Å². The fourth-order valence-electron chi connectivity index (χ4n) is 6.23. The molecule has 0 radical (unpaired) electrons. The maximum absolute atomic E-state index is 15.4. The molecule has 10 heteroatoms. The van der Waals surface area contributed by atoms with Gasteiger partial charge in [0.25, 0.3) is 0 Å². The zero-order chi connectivity index (χ0) is 36.8. The van der Waals surface area contributed by atoms with Gasteiger partial charge in [-0.1, -0.05) is 75.4 Å². The van der Waals surface area contributed by atoms with Crippen LogP contribution in [0, 0.1) is 23.1 Å². The number of imide groups is 1. The predicted molar refractivity (Wildman–Crippen MR) is 198 cm³/mol. The van der Waals surface area contributed by atoms with Crippen LogP contribution in [0.5, 0.6) is 5.75 Å². The number of nitriles is 1. The van der Waals surface area contributed by atoms with Crippen LogP contribution in [0.4, 0.5) is 14.9 Å². The van der Waals surface area contributed by atoms with Gasteiger partial charge in [0.05, 0.1) is 30.7 Å². The number of amides is 2. The van der Waals surface area contributed by atoms with Crippen LogP contribution in [-0.2, 0) is 14.0 Å². The molecule has 0 spiro atoms. The van der Waals surface area contributed by atoms with Gasteiger partial charge in [-0.25, -0.2) is 14.1 Å². The minimum absolute atomic E-state index is 0.0211. The lowest BCUT2D eigenvalue weighted by molar-refractivity contribution is -0.135. The molecule has 51 heavy (non-hydrogen) atoms. The highest BCUT2D eigenvalue weighted by atomic mass is 28.4. The molecule has 8 nitrogen and oxygen atoms in total. The lowest BCUT2D eigenvalue weighted by Gasteiger charge is -2.39. The van der Waals surface area contributed by atoms with Gasteiger partial charge in [-0.2, -0.15) is 5.26 Å². The third-order valence-electron chi connectivity index (χ3n) is 10.2. The minimum Gasteiger partial charge on any atom is -0.497 e. The monoisotopic (exact) mass is 707 g/mol. The normalized spacial score (nSPS) is 16.5. The van der Waals surface area contributed by atoms with Crippen LogP contribution in [0.2, 0.25) is 18.1 Å². The molecule has 5 rings (SSSR count). The molecule has 4 unspecified atom stereocenters. The first kappa shape index (κ1) is 37.3. The first-order valence-corrected chi connectivity index (χ1v) is 20.1. The number of halogens is 1. The van der Waals surface area contributed by atoms with Crippen molar-refractivity contribution in [2.75, 3.05) is 25.6 Å². The zero-order valence-electron chi connectivity index (χ0n) is 30.1. The Morgan fingerprint density at radius 1 is 0.980 bits per heavy atom. The SMILES string of the molecule is COc1ccc(C(Nc2ccc(C#N)cc2)C(C(=O)N2C(=O)OCC2c2ccccc2)C(CCO[Si](C)(C)C(C)(C)C)c2ccc(F)cc2)cc1. The number of ether oxygens (including phenoxy) is 2. The van der Waals surface area contributed by atoms with Crippen molar-refractivity contribution in [2.45, 2.75) is 63.3 Å². The summed E-state index contributed by atoms with van der Waals surface area (Å²) in [7, 11) is -0.606. The van der Waals surface area contributed by atoms with E-state index < -0.39 is 50.1 Å². The van der Waals surface area contributed by atoms with Gasteiger partial charge >= 0.3 is 6.09 Å². The molecule has 0 saturated carbocycles. The Morgan fingerprint density at radius 3 is 2.20 bits per heavy atom. The number of methoxy groups -OCH3 is 1. The highest BCUT2D eigenvalue weighted by Gasteiger charge is 2.47. The van der Waals surface area contributed by atoms with Crippen molar-refractivity contribution in [1.29, 1.82) is 5.26 Å². The van der Waals surface area contributed by atoms with E-state index in [4.69, 9.17) is 13.9 Å². The summed E-state index contributed by atoms with van der Waals surface area (Å²) in [6, 6.07) is 30.8. The van der Waals surface area contributed by atoms with Gasteiger partial charge in [-0.3, -0.25) is 4.79 Å². The lowest BCUT2D eigenvalue weighted by atomic mass is 9.76. The number of rotatable bonds is 13. The van der Waals surface area contributed by atoms with E-state index in [1.807, 2.05) is 54.6 Å². The lowest BCUT2D eigenvalue weighted by Crippen LogP contribution is -2.45. The van der Waals surface area contributed by atoms with Crippen molar-refractivity contribution in [1.82, 2.24) is 4.90 Å². The van der Waals surface area contributed by atoms with Gasteiger partial charge in [-0.15, -0.1) is 0 Å². The van der Waals surface area contributed by atoms with Gasteiger partial charge in [0.1, 0.15) is 24.2 Å². The second-order valence-corrected chi connectivity index (χ2v) is 19.2. The summed E-state index contributed by atoms with van der Waals surface area (Å²) < 4.78 is 32.1. The standard InChI is InChI=1S/C41H46FN3O5Si/c1-41(2,3)51(5,6)50-25-24-35(29-14-18-32(42)19-15-29)37(39(46)45-36(27-49-40(45)47)30-10-8-7-9-11-30)38(31-16-22-34(48-4)23-17-31)44-33-20-12-28(26-43)13-21-33/h7-23,35-38,44H,24-25,27H2,1-6H3. The van der Waals surface area contributed by atoms with Crippen LogP contribution in [-0.4, -0.2) is 45.5 Å². The molecule has 1 N–H and O–H groups in total. The third kappa shape index (κ3) is 8.67. The predicted octanol–water partition coefficient (Wildman–Crippen LogP) is 9.39. The summed E-state index contributed by atoms with van der Waals surface area (Å²) in [5.74, 6) is -1.64. The maximum atomic E-state index is 15.4. The van der Waals surface area contributed by atoms with Crippen LogP contribution in [0.1, 0.15) is 67.4 Å². The zero-order valence-corrected chi connectivity index (χ0v) is 31.1. The summed E-state index contributed by atoms with van der Waals surface area (Å²) in [5.41, 5.74) is 3.44. The number of hydrogen-bond donors (Lipinski definition) is 1. The van der Waals surface area contributed by atoms with Gasteiger partial charge in [0.2, 0.25) is 5.91 Å². The summed E-state index contributed by atoms with van der Waals surface area (Å²) in [6.45, 7) is 11.3. The minimum atomic E-state index is -2.19. The van der Waals surface area contributed by atoms with E-state index in [0.717, 1.165) is 16.7 Å². The fourth-order valence-corrected chi connectivity index (χ4v) is 7.29. The number of anilines is 1. The second-order valence-electron chi connectivity index (χ2n) is 14.4. The van der Waals surface area contributed by atoms with E-state index in [1.165, 1.54) is 17.0 Å². The molecule has 4 aromatic rings. The molecule has 1 aliphatic rings. The molecule has 2 amide bonds. The fraction of sp³-hybridized carbons (Fsp3) is 0.341. The van der Waals surface area contributed by atoms with E-state index >= 15 is 4.79 Å². The van der Waals surface area contributed by atoms with E-state index in [0.29, 0.717) is 30.0 Å². The van der Waals surface area contributed by atoms with Crippen LogP contribution >= 0.6 is 0 Å². The molecular formula is C41H46FN3O5Si. The molecule has 0 aliphatic carbocycles. The van der Waals surface area contributed by atoms with Gasteiger partial charge < -0.3 is 19.2 Å². The summed E-state index contributed by atoms with van der Waals surface area (Å²) in [4.78, 5) is 30.2. The van der Waals surface area contributed by atoms with Crippen LogP contribution < -0.4 is 10.1 Å². The highest BCUT2D eigenvalue weighted by Crippen LogP contribution is 2.44. The largest absolute Gasteiger partial charge is 0.497 e. The van der Waals surface area contributed by atoms with Gasteiger partial charge in [0.15, 0.2) is 8.32 Å². The Kier molecular flexibility index (Phi) is 11.6. The molecule has 1 saturated heterocycles. The Morgan fingerprint density at radius 2 is 1.61 bits per heavy atom. The summed E-state index contributed by atoms with van der Waals surface area (Å²) in [5, 5.41) is 13.0. The molecule has 4 atom stereocenters. The van der Waals surface area contributed by atoms with Crippen LogP contribution in [0.3, 0.4) is 0 Å². The number of cyclic esters (lactones) is 1. The van der Waals surface area contributed by atoms with E-state index in [9.17, 15) is 14.4 Å². The van der Waals surface area contributed by atoms with Crippen LogP contribution in [0.15, 0.2) is 103 Å². The number of nitrogens with one attached hydrogen (secondary N) is 1. The topological polar surface area (TPSA) is 101 Å². The number of nitrogens with zero attached hydrogens (tertiary/aromatic N) is 2. The maximum Gasteiger partial charge on any atom is 0.417 e. The van der Waals surface area contributed by atoms with Gasteiger partial charge in [-0.05, 0) is 95.7 Å². The first-order valence-electron chi connectivity index (χ1n) is 17.2. The number of hydrogen-bond acceptors (Lipinski definition) is 7. The summed E-state index contributed by atoms with van der Waals surface area (Å²) in [6.07, 6.45) is -0.309. The number of carbonyl (C=O) groups is 2. The molecule has 4 aromatic carbocycles. The van der Waals surface area contributed by atoms with Crippen molar-refractivity contribution in [3.8, 4) is 11.8 Å². The quantitative estimate of drug-likeness (QED) is 0.138. The molecule has 0 bridgehead atoms. The molecule has 0 aromatic heterocycles. The molecule has 1 fully saturated rings.